The van der Waals surface area contributed by atoms with Crippen LogP contribution in [-0.4, -0.2) is 20.0 Å². The van der Waals surface area contributed by atoms with Crippen LogP contribution in [0.4, 0.5) is 0 Å². The Morgan fingerprint density at radius 2 is 2.00 bits per heavy atom. The molecule has 0 saturated carbocycles. The van der Waals surface area contributed by atoms with Crippen LogP contribution in [0, 0.1) is 0 Å². The topological polar surface area (TPSA) is 70.3 Å². The third-order valence-corrected chi connectivity index (χ3v) is 2.88. The van der Waals surface area contributed by atoms with Gasteiger partial charge in [-0.15, -0.1) is 0 Å². The lowest BCUT2D eigenvalue weighted by Gasteiger charge is -2.06. The van der Waals surface area contributed by atoms with Gasteiger partial charge < -0.3 is 15.5 Å². The highest BCUT2D eigenvalue weighted by Crippen LogP contribution is 2.22. The second-order valence-electron chi connectivity index (χ2n) is 4.80. The third-order valence-electron chi connectivity index (χ3n) is 2.88. The maximum Gasteiger partial charge on any atom is 0.123 e. The fourth-order valence-electron chi connectivity index (χ4n) is 1.79. The van der Waals surface area contributed by atoms with Crippen LogP contribution in [0.5, 0.6) is 11.5 Å². The zero-order valence-corrected chi connectivity index (χ0v) is 11.2. The molecule has 1 aromatic heterocycles. The SMILES string of the molecule is CC(C)n1ccc(CNCc2ccc(O)cc2O)n1. The minimum absolute atomic E-state index is 0.0666. The second kappa shape index (κ2) is 5.75. The number of phenols is 2. The summed E-state index contributed by atoms with van der Waals surface area (Å²) in [6.07, 6.45) is 1.96. The van der Waals surface area contributed by atoms with Gasteiger partial charge in [0, 0.05) is 37.0 Å². The van der Waals surface area contributed by atoms with E-state index in [1.54, 1.807) is 12.1 Å². The van der Waals surface area contributed by atoms with Gasteiger partial charge in [-0.05, 0) is 26.0 Å². The summed E-state index contributed by atoms with van der Waals surface area (Å²) in [5.41, 5.74) is 1.72. The Kier molecular flexibility index (Phi) is 4.06. The van der Waals surface area contributed by atoms with E-state index in [2.05, 4.69) is 24.3 Å². The Morgan fingerprint density at radius 1 is 1.21 bits per heavy atom. The zero-order chi connectivity index (χ0) is 13.8. The molecule has 0 fully saturated rings. The number of phenolic OH excluding ortho intramolecular Hbond substituents is 2. The van der Waals surface area contributed by atoms with E-state index in [0.717, 1.165) is 11.3 Å². The number of aromatic nitrogens is 2. The fraction of sp³-hybridized carbons (Fsp3) is 0.357. The van der Waals surface area contributed by atoms with Crippen LogP contribution in [0.2, 0.25) is 0 Å². The molecule has 0 aliphatic heterocycles. The summed E-state index contributed by atoms with van der Waals surface area (Å²) in [7, 11) is 0. The van der Waals surface area contributed by atoms with Gasteiger partial charge in [0.15, 0.2) is 0 Å². The maximum absolute atomic E-state index is 9.65. The molecule has 5 nitrogen and oxygen atoms in total. The number of nitrogens with one attached hydrogen (secondary N) is 1. The van der Waals surface area contributed by atoms with Gasteiger partial charge >= 0.3 is 0 Å². The zero-order valence-electron chi connectivity index (χ0n) is 11.2. The van der Waals surface area contributed by atoms with E-state index in [4.69, 9.17) is 0 Å². The summed E-state index contributed by atoms with van der Waals surface area (Å²) >= 11 is 0. The Labute approximate surface area is 112 Å². The van der Waals surface area contributed by atoms with Crippen LogP contribution in [0.1, 0.15) is 31.1 Å². The standard InChI is InChI=1S/C14H19N3O2/c1-10(2)17-6-5-12(16-17)9-15-8-11-3-4-13(18)7-14(11)19/h3-7,10,15,18-19H,8-9H2,1-2H3. The van der Waals surface area contributed by atoms with E-state index in [9.17, 15) is 10.2 Å². The number of benzene rings is 1. The summed E-state index contributed by atoms with van der Waals surface area (Å²) < 4.78 is 1.91. The van der Waals surface area contributed by atoms with Crippen LogP contribution in [-0.2, 0) is 13.1 Å². The Morgan fingerprint density at radius 3 is 2.63 bits per heavy atom. The van der Waals surface area contributed by atoms with E-state index < -0.39 is 0 Å². The summed E-state index contributed by atoms with van der Waals surface area (Å²) in [4.78, 5) is 0. The van der Waals surface area contributed by atoms with Gasteiger partial charge in [-0.1, -0.05) is 6.07 Å². The van der Waals surface area contributed by atoms with E-state index in [1.165, 1.54) is 6.07 Å². The molecule has 1 aromatic carbocycles. The molecule has 0 unspecified atom stereocenters. The average molecular weight is 261 g/mol. The summed E-state index contributed by atoms with van der Waals surface area (Å²) in [6.45, 7) is 5.33. The second-order valence-corrected chi connectivity index (χ2v) is 4.80. The normalized spacial score (nSPS) is 11.1. The van der Waals surface area contributed by atoms with Gasteiger partial charge in [-0.3, -0.25) is 4.68 Å². The van der Waals surface area contributed by atoms with Crippen molar-refractivity contribution in [3.8, 4) is 11.5 Å². The van der Waals surface area contributed by atoms with Crippen LogP contribution in [0.3, 0.4) is 0 Å². The van der Waals surface area contributed by atoms with E-state index in [0.29, 0.717) is 19.1 Å². The van der Waals surface area contributed by atoms with Gasteiger partial charge in [0.25, 0.3) is 0 Å². The average Bonchev–Trinajstić information content (AvgIpc) is 2.81. The van der Waals surface area contributed by atoms with Crippen molar-refractivity contribution in [2.24, 2.45) is 0 Å². The van der Waals surface area contributed by atoms with Crippen molar-refractivity contribution in [2.45, 2.75) is 33.0 Å². The number of hydrogen-bond acceptors (Lipinski definition) is 4. The number of rotatable bonds is 5. The molecule has 3 N–H and O–H groups in total. The third kappa shape index (κ3) is 3.48. The molecule has 2 rings (SSSR count). The predicted octanol–water partition coefficient (Wildman–Crippen LogP) is 2.17. The fourth-order valence-corrected chi connectivity index (χ4v) is 1.79. The molecular weight excluding hydrogens is 242 g/mol. The van der Waals surface area contributed by atoms with E-state index in [1.807, 2.05) is 16.9 Å². The van der Waals surface area contributed by atoms with Crippen molar-refractivity contribution in [1.82, 2.24) is 15.1 Å². The van der Waals surface area contributed by atoms with Crippen LogP contribution < -0.4 is 5.32 Å². The molecule has 0 saturated heterocycles. The summed E-state index contributed by atoms with van der Waals surface area (Å²) in [5, 5.41) is 26.5. The molecule has 0 amide bonds. The van der Waals surface area contributed by atoms with Crippen molar-refractivity contribution < 1.29 is 10.2 Å². The molecule has 2 aromatic rings. The molecule has 0 aliphatic rings. The monoisotopic (exact) mass is 261 g/mol. The van der Waals surface area contributed by atoms with Crippen molar-refractivity contribution in [2.75, 3.05) is 0 Å². The van der Waals surface area contributed by atoms with Crippen molar-refractivity contribution in [3.05, 3.63) is 41.7 Å². The number of nitrogens with zero attached hydrogens (tertiary/aromatic N) is 2. The van der Waals surface area contributed by atoms with Gasteiger partial charge in [0.2, 0.25) is 0 Å². The Balaban J connectivity index is 1.89. The lowest BCUT2D eigenvalue weighted by Crippen LogP contribution is -2.13. The maximum atomic E-state index is 9.65. The van der Waals surface area contributed by atoms with Crippen LogP contribution in [0.15, 0.2) is 30.5 Å². The van der Waals surface area contributed by atoms with Crippen molar-refractivity contribution >= 4 is 0 Å². The van der Waals surface area contributed by atoms with Crippen molar-refractivity contribution in [3.63, 3.8) is 0 Å². The molecule has 0 radical (unpaired) electrons. The highest BCUT2D eigenvalue weighted by atomic mass is 16.3. The number of aromatic hydroxyl groups is 2. The minimum atomic E-state index is 0.0666. The molecule has 0 bridgehead atoms. The highest BCUT2D eigenvalue weighted by Gasteiger charge is 2.04. The van der Waals surface area contributed by atoms with Gasteiger partial charge in [0.05, 0.1) is 5.69 Å². The molecule has 0 spiro atoms. The van der Waals surface area contributed by atoms with E-state index >= 15 is 0 Å². The first kappa shape index (κ1) is 13.4. The first-order valence-corrected chi connectivity index (χ1v) is 6.32. The van der Waals surface area contributed by atoms with Gasteiger partial charge in [0.1, 0.15) is 11.5 Å². The Hall–Kier alpha value is -2.01. The van der Waals surface area contributed by atoms with E-state index in [-0.39, 0.29) is 11.5 Å². The molecule has 19 heavy (non-hydrogen) atoms. The first-order valence-electron chi connectivity index (χ1n) is 6.32. The summed E-state index contributed by atoms with van der Waals surface area (Å²) in [5.74, 6) is 0.164. The molecular formula is C14H19N3O2. The molecule has 1 heterocycles. The highest BCUT2D eigenvalue weighted by molar-refractivity contribution is 5.38. The molecule has 102 valence electrons. The summed E-state index contributed by atoms with van der Waals surface area (Å²) in [6, 6.07) is 6.93. The lowest BCUT2D eigenvalue weighted by molar-refractivity contribution is 0.443. The quantitative estimate of drug-likeness (QED) is 0.771. The minimum Gasteiger partial charge on any atom is -0.508 e. The van der Waals surface area contributed by atoms with Crippen LogP contribution in [0.25, 0.3) is 0 Å². The largest absolute Gasteiger partial charge is 0.508 e. The van der Waals surface area contributed by atoms with Crippen LogP contribution >= 0.6 is 0 Å². The number of hydrogen-bond donors (Lipinski definition) is 3. The smallest absolute Gasteiger partial charge is 0.123 e. The molecule has 0 aliphatic carbocycles. The predicted molar refractivity (Wildman–Crippen MR) is 72.9 cm³/mol. The first-order chi connectivity index (χ1) is 9.06. The van der Waals surface area contributed by atoms with Gasteiger partial charge in [-0.2, -0.15) is 5.10 Å². The Bertz CT molecular complexity index is 549. The molecule has 5 heteroatoms. The van der Waals surface area contributed by atoms with Gasteiger partial charge in [-0.25, -0.2) is 0 Å². The lowest BCUT2D eigenvalue weighted by atomic mass is 10.2. The van der Waals surface area contributed by atoms with Crippen molar-refractivity contribution in [1.29, 1.82) is 0 Å². The molecule has 0 atom stereocenters.